The van der Waals surface area contributed by atoms with E-state index in [1.165, 1.54) is 31.5 Å². The molecule has 2 heterocycles. The molecule has 0 unspecified atom stereocenters. The molecule has 0 aliphatic carbocycles. The van der Waals surface area contributed by atoms with Gasteiger partial charge in [0.05, 0.1) is 6.20 Å². The van der Waals surface area contributed by atoms with E-state index in [0.29, 0.717) is 5.78 Å². The van der Waals surface area contributed by atoms with Gasteiger partial charge in [-0.05, 0) is 56.8 Å². The van der Waals surface area contributed by atoms with Crippen molar-refractivity contribution in [2.24, 2.45) is 11.8 Å². The third kappa shape index (κ3) is 5.24. The number of nitrogens with zero attached hydrogens (tertiary/aromatic N) is 3. The Balaban J connectivity index is 1.64. The minimum Gasteiger partial charge on any atom is -0.303 e. The zero-order valence-electron chi connectivity index (χ0n) is 14.4. The maximum Gasteiger partial charge on any atom is 0.135 e. The summed E-state index contributed by atoms with van der Waals surface area (Å²) in [6, 6.07) is 0. The minimum atomic E-state index is 0.188. The highest BCUT2D eigenvalue weighted by Crippen LogP contribution is 2.19. The molecule has 1 saturated heterocycles. The van der Waals surface area contributed by atoms with E-state index in [2.05, 4.69) is 27.8 Å². The zero-order chi connectivity index (χ0) is 15.9. The SMILES string of the molecule is CCc1cnn(CC2CCN(CCCC(=O)C(C)C)CC2)c1. The fourth-order valence-electron chi connectivity index (χ4n) is 3.11. The Morgan fingerprint density at radius 1 is 1.36 bits per heavy atom. The maximum atomic E-state index is 11.6. The van der Waals surface area contributed by atoms with Gasteiger partial charge in [-0.2, -0.15) is 5.10 Å². The number of aromatic nitrogens is 2. The number of hydrogen-bond acceptors (Lipinski definition) is 3. The van der Waals surface area contributed by atoms with Gasteiger partial charge in [-0.15, -0.1) is 0 Å². The van der Waals surface area contributed by atoms with E-state index < -0.39 is 0 Å². The largest absolute Gasteiger partial charge is 0.303 e. The van der Waals surface area contributed by atoms with E-state index in [9.17, 15) is 4.79 Å². The van der Waals surface area contributed by atoms with Crippen LogP contribution in [0.2, 0.25) is 0 Å². The molecule has 124 valence electrons. The van der Waals surface area contributed by atoms with Gasteiger partial charge in [-0.1, -0.05) is 20.8 Å². The minimum absolute atomic E-state index is 0.188. The second-order valence-corrected chi connectivity index (χ2v) is 6.93. The Bertz CT molecular complexity index is 459. The van der Waals surface area contributed by atoms with Crippen molar-refractivity contribution >= 4 is 5.78 Å². The Morgan fingerprint density at radius 3 is 2.68 bits per heavy atom. The van der Waals surface area contributed by atoms with Gasteiger partial charge in [0.1, 0.15) is 5.78 Å². The molecule has 0 bridgehead atoms. The van der Waals surface area contributed by atoms with Crippen molar-refractivity contribution in [2.75, 3.05) is 19.6 Å². The van der Waals surface area contributed by atoms with Crippen LogP contribution < -0.4 is 0 Å². The number of hydrogen-bond donors (Lipinski definition) is 0. The van der Waals surface area contributed by atoms with E-state index >= 15 is 0 Å². The first kappa shape index (κ1) is 17.2. The lowest BCUT2D eigenvalue weighted by Gasteiger charge is -2.31. The second-order valence-electron chi connectivity index (χ2n) is 6.93. The third-order valence-corrected chi connectivity index (χ3v) is 4.79. The Kier molecular flexibility index (Phi) is 6.62. The molecule has 0 saturated carbocycles. The highest BCUT2D eigenvalue weighted by Gasteiger charge is 2.20. The summed E-state index contributed by atoms with van der Waals surface area (Å²) in [5, 5.41) is 4.45. The summed E-state index contributed by atoms with van der Waals surface area (Å²) in [4.78, 5) is 14.2. The molecule has 0 amide bonds. The number of rotatable bonds is 8. The van der Waals surface area contributed by atoms with Crippen molar-refractivity contribution in [3.05, 3.63) is 18.0 Å². The number of piperidine rings is 1. The Morgan fingerprint density at radius 2 is 2.09 bits per heavy atom. The molecule has 4 nitrogen and oxygen atoms in total. The van der Waals surface area contributed by atoms with Crippen LogP contribution in [-0.2, 0) is 17.8 Å². The van der Waals surface area contributed by atoms with Crippen LogP contribution in [0.3, 0.4) is 0 Å². The average molecular weight is 305 g/mol. The molecule has 1 aliphatic heterocycles. The molecule has 1 aliphatic rings. The molecule has 0 spiro atoms. The van der Waals surface area contributed by atoms with Crippen LogP contribution >= 0.6 is 0 Å². The molecule has 0 radical (unpaired) electrons. The Labute approximate surface area is 134 Å². The number of ketones is 1. The van der Waals surface area contributed by atoms with Crippen LogP contribution in [0, 0.1) is 11.8 Å². The number of aryl methyl sites for hydroxylation is 1. The molecular weight excluding hydrogens is 274 g/mol. The zero-order valence-corrected chi connectivity index (χ0v) is 14.4. The van der Waals surface area contributed by atoms with E-state index in [1.807, 2.05) is 20.0 Å². The topological polar surface area (TPSA) is 38.1 Å². The van der Waals surface area contributed by atoms with Crippen LogP contribution in [-0.4, -0.2) is 40.1 Å². The normalized spacial score (nSPS) is 17.3. The lowest BCUT2D eigenvalue weighted by molar-refractivity contribution is -0.122. The van der Waals surface area contributed by atoms with Crippen molar-refractivity contribution in [3.63, 3.8) is 0 Å². The van der Waals surface area contributed by atoms with Crippen molar-refractivity contribution < 1.29 is 4.79 Å². The summed E-state index contributed by atoms with van der Waals surface area (Å²) in [6.07, 6.45) is 9.49. The fourth-order valence-corrected chi connectivity index (χ4v) is 3.11. The molecule has 22 heavy (non-hydrogen) atoms. The average Bonchev–Trinajstić information content (AvgIpc) is 2.96. The summed E-state index contributed by atoms with van der Waals surface area (Å²) >= 11 is 0. The molecule has 1 aromatic rings. The lowest BCUT2D eigenvalue weighted by Crippen LogP contribution is -2.35. The molecule has 1 aromatic heterocycles. The van der Waals surface area contributed by atoms with Gasteiger partial charge in [0.25, 0.3) is 0 Å². The predicted octanol–water partition coefficient (Wildman–Crippen LogP) is 3.16. The monoisotopic (exact) mass is 305 g/mol. The first-order valence-electron chi connectivity index (χ1n) is 8.85. The second kappa shape index (κ2) is 8.47. The summed E-state index contributed by atoms with van der Waals surface area (Å²) in [7, 11) is 0. The van der Waals surface area contributed by atoms with Crippen molar-refractivity contribution in [1.29, 1.82) is 0 Å². The van der Waals surface area contributed by atoms with Gasteiger partial charge in [-0.25, -0.2) is 0 Å². The number of carbonyl (C=O) groups is 1. The molecule has 0 aromatic carbocycles. The maximum absolute atomic E-state index is 11.6. The summed E-state index contributed by atoms with van der Waals surface area (Å²) in [6.45, 7) is 10.6. The number of Topliss-reactive ketones (excluding diaryl/α,β-unsaturated/α-hetero) is 1. The fraction of sp³-hybridized carbons (Fsp3) is 0.778. The van der Waals surface area contributed by atoms with Crippen LogP contribution in [0.25, 0.3) is 0 Å². The van der Waals surface area contributed by atoms with Crippen LogP contribution in [0.1, 0.15) is 52.0 Å². The van der Waals surface area contributed by atoms with Crippen LogP contribution in [0.5, 0.6) is 0 Å². The lowest BCUT2D eigenvalue weighted by atomic mass is 9.96. The number of carbonyl (C=O) groups excluding carboxylic acids is 1. The van der Waals surface area contributed by atoms with Gasteiger partial charge >= 0.3 is 0 Å². The number of likely N-dealkylation sites (tertiary alicyclic amines) is 1. The summed E-state index contributed by atoms with van der Waals surface area (Å²) < 4.78 is 2.11. The smallest absolute Gasteiger partial charge is 0.135 e. The van der Waals surface area contributed by atoms with E-state index in [1.54, 1.807) is 0 Å². The van der Waals surface area contributed by atoms with Crippen LogP contribution in [0.4, 0.5) is 0 Å². The van der Waals surface area contributed by atoms with E-state index in [-0.39, 0.29) is 5.92 Å². The van der Waals surface area contributed by atoms with Crippen molar-refractivity contribution in [1.82, 2.24) is 14.7 Å². The standard InChI is InChI=1S/C18H31N3O/c1-4-16-12-19-21(13-16)14-17-7-10-20(11-8-17)9-5-6-18(22)15(2)3/h12-13,15,17H,4-11,14H2,1-3H3. The molecule has 0 atom stereocenters. The molecule has 1 fully saturated rings. The highest BCUT2D eigenvalue weighted by atomic mass is 16.1. The van der Waals surface area contributed by atoms with E-state index in [4.69, 9.17) is 0 Å². The van der Waals surface area contributed by atoms with Gasteiger partial charge in [0.2, 0.25) is 0 Å². The van der Waals surface area contributed by atoms with Gasteiger partial charge in [-0.3, -0.25) is 9.48 Å². The molecule has 4 heteroatoms. The van der Waals surface area contributed by atoms with Crippen molar-refractivity contribution in [3.8, 4) is 0 Å². The quantitative estimate of drug-likeness (QED) is 0.740. The van der Waals surface area contributed by atoms with Crippen molar-refractivity contribution in [2.45, 2.75) is 59.4 Å². The molecule has 0 N–H and O–H groups in total. The third-order valence-electron chi connectivity index (χ3n) is 4.79. The summed E-state index contributed by atoms with van der Waals surface area (Å²) in [5.41, 5.74) is 1.33. The molecular formula is C18H31N3O. The predicted molar refractivity (Wildman–Crippen MR) is 89.8 cm³/mol. The van der Waals surface area contributed by atoms with Gasteiger partial charge < -0.3 is 4.90 Å². The first-order valence-corrected chi connectivity index (χ1v) is 8.85. The van der Waals surface area contributed by atoms with Gasteiger partial charge in [0.15, 0.2) is 0 Å². The van der Waals surface area contributed by atoms with Crippen LogP contribution in [0.15, 0.2) is 12.4 Å². The Hall–Kier alpha value is -1.16. The van der Waals surface area contributed by atoms with E-state index in [0.717, 1.165) is 38.3 Å². The summed E-state index contributed by atoms with van der Waals surface area (Å²) in [5.74, 6) is 1.34. The van der Waals surface area contributed by atoms with Gasteiger partial charge in [0, 0.05) is 25.1 Å². The first-order chi connectivity index (χ1) is 10.6. The molecule has 2 rings (SSSR count). The highest BCUT2D eigenvalue weighted by molar-refractivity contribution is 5.80.